The molecule has 0 aliphatic heterocycles. The fourth-order valence-electron chi connectivity index (χ4n) is 1.95. The first-order valence-electron chi connectivity index (χ1n) is 6.62. The van der Waals surface area contributed by atoms with Crippen LogP contribution in [0.25, 0.3) is 0 Å². The van der Waals surface area contributed by atoms with Crippen LogP contribution in [0.4, 0.5) is 5.82 Å². The van der Waals surface area contributed by atoms with Gasteiger partial charge in [0, 0.05) is 10.9 Å². The van der Waals surface area contributed by atoms with E-state index in [4.69, 9.17) is 22.1 Å². The van der Waals surface area contributed by atoms with E-state index in [0.29, 0.717) is 23.4 Å². The molecular weight excluding hydrogens is 274 g/mol. The van der Waals surface area contributed by atoms with Crippen molar-refractivity contribution in [2.45, 2.75) is 32.6 Å². The molecule has 1 saturated carbocycles. The number of aromatic nitrogens is 2. The van der Waals surface area contributed by atoms with Gasteiger partial charge in [0.1, 0.15) is 17.4 Å². The van der Waals surface area contributed by atoms with Crippen LogP contribution in [0.5, 0.6) is 11.6 Å². The summed E-state index contributed by atoms with van der Waals surface area (Å²) in [6, 6.07) is 5.52. The summed E-state index contributed by atoms with van der Waals surface area (Å²) in [7, 11) is 0. The lowest BCUT2D eigenvalue weighted by Gasteiger charge is -2.11. The molecule has 1 aromatic heterocycles. The molecule has 1 aliphatic carbocycles. The standard InChI is InChI=1S/C15H16ClN3O/c1-8-7-11(5-6-12(8)16)20-15-9(2)13(17)18-14(19-15)10-3-4-10/h5-7,10H,3-4H2,1-2H3,(H2,17,18,19). The quantitative estimate of drug-likeness (QED) is 0.928. The van der Waals surface area contributed by atoms with Gasteiger partial charge in [-0.2, -0.15) is 4.98 Å². The molecule has 104 valence electrons. The molecule has 1 fully saturated rings. The van der Waals surface area contributed by atoms with Crippen LogP contribution in [0.1, 0.15) is 35.7 Å². The molecule has 0 amide bonds. The van der Waals surface area contributed by atoms with E-state index in [-0.39, 0.29) is 0 Å². The average Bonchev–Trinajstić information content (AvgIpc) is 3.23. The van der Waals surface area contributed by atoms with Crippen LogP contribution in [0, 0.1) is 13.8 Å². The molecule has 20 heavy (non-hydrogen) atoms. The molecule has 1 aromatic carbocycles. The Hall–Kier alpha value is -1.81. The number of rotatable bonds is 3. The number of aryl methyl sites for hydroxylation is 1. The number of hydrogen-bond donors (Lipinski definition) is 1. The third kappa shape index (κ3) is 2.56. The number of nitrogens with zero attached hydrogens (tertiary/aromatic N) is 2. The summed E-state index contributed by atoms with van der Waals surface area (Å²) in [5.41, 5.74) is 7.67. The monoisotopic (exact) mass is 289 g/mol. The highest BCUT2D eigenvalue weighted by Gasteiger charge is 2.28. The lowest BCUT2D eigenvalue weighted by atomic mass is 10.2. The minimum atomic E-state index is 0.437. The minimum Gasteiger partial charge on any atom is -0.439 e. The smallest absolute Gasteiger partial charge is 0.227 e. The number of nitrogen functional groups attached to an aromatic ring is 1. The zero-order valence-electron chi connectivity index (χ0n) is 11.5. The predicted octanol–water partition coefficient (Wildman–Crippen LogP) is 4.00. The normalized spacial score (nSPS) is 14.3. The Morgan fingerprint density at radius 3 is 2.65 bits per heavy atom. The number of ether oxygens (including phenoxy) is 1. The molecule has 0 bridgehead atoms. The van der Waals surface area contributed by atoms with Crippen molar-refractivity contribution in [1.82, 2.24) is 9.97 Å². The Kier molecular flexibility index (Phi) is 3.26. The molecular formula is C15H16ClN3O. The van der Waals surface area contributed by atoms with Crippen LogP contribution in [-0.2, 0) is 0 Å². The summed E-state index contributed by atoms with van der Waals surface area (Å²) in [5, 5.41) is 0.718. The van der Waals surface area contributed by atoms with E-state index in [1.807, 2.05) is 32.0 Å². The summed E-state index contributed by atoms with van der Waals surface area (Å²) in [6.07, 6.45) is 2.25. The maximum Gasteiger partial charge on any atom is 0.227 e. The highest BCUT2D eigenvalue weighted by Crippen LogP contribution is 2.40. The topological polar surface area (TPSA) is 61.0 Å². The van der Waals surface area contributed by atoms with Crippen molar-refractivity contribution < 1.29 is 4.74 Å². The van der Waals surface area contributed by atoms with Gasteiger partial charge >= 0.3 is 0 Å². The first kappa shape index (κ1) is 13.2. The fourth-order valence-corrected chi connectivity index (χ4v) is 2.06. The Morgan fingerprint density at radius 2 is 2.00 bits per heavy atom. The van der Waals surface area contributed by atoms with E-state index < -0.39 is 0 Å². The Labute approximate surface area is 123 Å². The number of nitrogens with two attached hydrogens (primary N) is 1. The number of benzene rings is 1. The van der Waals surface area contributed by atoms with Crippen LogP contribution in [0.3, 0.4) is 0 Å². The Morgan fingerprint density at radius 1 is 1.25 bits per heavy atom. The van der Waals surface area contributed by atoms with Gasteiger partial charge in [-0.1, -0.05) is 11.6 Å². The number of halogens is 1. The first-order chi connectivity index (χ1) is 9.54. The fraction of sp³-hybridized carbons (Fsp3) is 0.333. The second-order valence-corrected chi connectivity index (χ2v) is 5.59. The van der Waals surface area contributed by atoms with Crippen molar-refractivity contribution in [3.05, 3.63) is 40.2 Å². The van der Waals surface area contributed by atoms with Gasteiger partial charge < -0.3 is 10.5 Å². The average molecular weight is 290 g/mol. The van der Waals surface area contributed by atoms with Crippen molar-refractivity contribution in [3.63, 3.8) is 0 Å². The molecule has 1 aliphatic rings. The second-order valence-electron chi connectivity index (χ2n) is 5.18. The molecule has 0 unspecified atom stereocenters. The summed E-state index contributed by atoms with van der Waals surface area (Å²) < 4.78 is 5.85. The SMILES string of the molecule is Cc1cc(Oc2nc(C3CC3)nc(N)c2C)ccc1Cl. The van der Waals surface area contributed by atoms with Gasteiger partial charge in [0.15, 0.2) is 0 Å². The van der Waals surface area contributed by atoms with Crippen LogP contribution >= 0.6 is 11.6 Å². The second kappa shape index (κ2) is 4.94. The molecule has 5 heteroatoms. The molecule has 0 saturated heterocycles. The number of hydrogen-bond acceptors (Lipinski definition) is 4. The van der Waals surface area contributed by atoms with E-state index in [2.05, 4.69) is 9.97 Å². The van der Waals surface area contributed by atoms with Gasteiger partial charge in [0.25, 0.3) is 0 Å². The Bertz CT molecular complexity index is 668. The minimum absolute atomic E-state index is 0.437. The van der Waals surface area contributed by atoms with Crippen molar-refractivity contribution in [3.8, 4) is 11.6 Å². The Balaban J connectivity index is 1.94. The van der Waals surface area contributed by atoms with Crippen molar-refractivity contribution in [2.75, 3.05) is 5.73 Å². The van der Waals surface area contributed by atoms with Gasteiger partial charge in [0.2, 0.25) is 5.88 Å². The van der Waals surface area contributed by atoms with E-state index in [1.54, 1.807) is 0 Å². The summed E-state index contributed by atoms with van der Waals surface area (Å²) in [6.45, 7) is 3.80. The largest absolute Gasteiger partial charge is 0.439 e. The maximum atomic E-state index is 6.01. The van der Waals surface area contributed by atoms with E-state index >= 15 is 0 Å². The van der Waals surface area contributed by atoms with Gasteiger partial charge in [-0.25, -0.2) is 4.98 Å². The predicted molar refractivity (Wildman–Crippen MR) is 79.4 cm³/mol. The van der Waals surface area contributed by atoms with Crippen LogP contribution < -0.4 is 10.5 Å². The van der Waals surface area contributed by atoms with Crippen LogP contribution in [-0.4, -0.2) is 9.97 Å². The molecule has 0 atom stereocenters. The summed E-state index contributed by atoms with van der Waals surface area (Å²) in [4.78, 5) is 8.83. The van der Waals surface area contributed by atoms with E-state index in [1.165, 1.54) is 0 Å². The molecule has 2 aromatic rings. The molecule has 3 rings (SSSR count). The summed E-state index contributed by atoms with van der Waals surface area (Å²) >= 11 is 6.01. The van der Waals surface area contributed by atoms with Gasteiger partial charge in [-0.05, 0) is 50.5 Å². The molecule has 0 radical (unpaired) electrons. The number of anilines is 1. The molecule has 2 N–H and O–H groups in total. The van der Waals surface area contributed by atoms with E-state index in [9.17, 15) is 0 Å². The zero-order valence-corrected chi connectivity index (χ0v) is 12.2. The van der Waals surface area contributed by atoms with Crippen molar-refractivity contribution in [1.29, 1.82) is 0 Å². The van der Waals surface area contributed by atoms with Gasteiger partial charge in [0.05, 0.1) is 5.56 Å². The van der Waals surface area contributed by atoms with E-state index in [0.717, 1.165) is 34.8 Å². The molecule has 1 heterocycles. The van der Waals surface area contributed by atoms with Crippen LogP contribution in [0.2, 0.25) is 5.02 Å². The van der Waals surface area contributed by atoms with Crippen LogP contribution in [0.15, 0.2) is 18.2 Å². The third-order valence-corrected chi connectivity index (χ3v) is 3.87. The molecule has 0 spiro atoms. The van der Waals surface area contributed by atoms with Gasteiger partial charge in [-0.3, -0.25) is 0 Å². The van der Waals surface area contributed by atoms with Crippen molar-refractivity contribution >= 4 is 17.4 Å². The third-order valence-electron chi connectivity index (χ3n) is 3.44. The first-order valence-corrected chi connectivity index (χ1v) is 7.00. The lowest BCUT2D eigenvalue weighted by Crippen LogP contribution is -2.04. The van der Waals surface area contributed by atoms with Crippen molar-refractivity contribution in [2.24, 2.45) is 0 Å². The lowest BCUT2D eigenvalue weighted by molar-refractivity contribution is 0.454. The zero-order chi connectivity index (χ0) is 14.3. The van der Waals surface area contributed by atoms with Gasteiger partial charge in [-0.15, -0.1) is 0 Å². The molecule has 4 nitrogen and oxygen atoms in total. The highest BCUT2D eigenvalue weighted by atomic mass is 35.5. The summed E-state index contributed by atoms with van der Waals surface area (Å²) in [5.74, 6) is 2.94. The maximum absolute atomic E-state index is 6.01. The highest BCUT2D eigenvalue weighted by molar-refractivity contribution is 6.31.